The van der Waals surface area contributed by atoms with Gasteiger partial charge in [-0.2, -0.15) is 9.94 Å². The second-order valence-electron chi connectivity index (χ2n) is 8.31. The van der Waals surface area contributed by atoms with Crippen LogP contribution in [-0.4, -0.2) is 20.6 Å². The third-order valence-corrected chi connectivity index (χ3v) is 7.05. The number of fused-ring (bicyclic) bond motifs is 1. The van der Waals surface area contributed by atoms with Crippen molar-refractivity contribution in [1.82, 2.24) is 9.78 Å². The second-order valence-corrected chi connectivity index (χ2v) is 9.79. The Morgan fingerprint density at radius 3 is 2.76 bits per heavy atom. The van der Waals surface area contributed by atoms with Crippen LogP contribution in [0.2, 0.25) is 5.02 Å². The van der Waals surface area contributed by atoms with Crippen LogP contribution in [0.25, 0.3) is 0 Å². The molecule has 0 saturated carbocycles. The van der Waals surface area contributed by atoms with Crippen LogP contribution in [0.15, 0.2) is 0 Å². The number of carbonyl (C=O) groups excluding carboxylic acids is 1. The zero-order valence-electron chi connectivity index (χ0n) is 16.7. The van der Waals surface area contributed by atoms with Crippen molar-refractivity contribution in [2.45, 2.75) is 53.5 Å². The van der Waals surface area contributed by atoms with E-state index in [4.69, 9.17) is 11.6 Å². The van der Waals surface area contributed by atoms with Gasteiger partial charge in [-0.3, -0.25) is 4.79 Å². The Morgan fingerprint density at radius 2 is 2.21 bits per heavy atom. The molecule has 2 heterocycles. The van der Waals surface area contributed by atoms with Crippen molar-refractivity contribution in [1.29, 1.82) is 5.26 Å². The zero-order valence-corrected chi connectivity index (χ0v) is 18.3. The van der Waals surface area contributed by atoms with Crippen molar-refractivity contribution in [3.63, 3.8) is 0 Å². The quantitative estimate of drug-likeness (QED) is 0.561. The highest BCUT2D eigenvalue weighted by molar-refractivity contribution is 7.16. The van der Waals surface area contributed by atoms with Crippen LogP contribution in [0.3, 0.4) is 0 Å². The first-order valence-electron chi connectivity index (χ1n) is 9.24. The number of nitro groups is 1. The van der Waals surface area contributed by atoms with Gasteiger partial charge in [0.2, 0.25) is 5.91 Å². The molecule has 1 aliphatic carbocycles. The van der Waals surface area contributed by atoms with Crippen molar-refractivity contribution in [2.24, 2.45) is 11.3 Å². The Morgan fingerprint density at radius 1 is 1.52 bits per heavy atom. The van der Waals surface area contributed by atoms with E-state index in [2.05, 4.69) is 37.3 Å². The number of amides is 1. The Kier molecular flexibility index (Phi) is 5.70. The third kappa shape index (κ3) is 4.14. The van der Waals surface area contributed by atoms with Crippen molar-refractivity contribution >= 4 is 39.7 Å². The number of nitrogens with one attached hydrogen (secondary N) is 1. The maximum Gasteiger partial charge on any atom is 0.408 e. The molecule has 1 N–H and O–H groups in total. The van der Waals surface area contributed by atoms with Gasteiger partial charge in [-0.1, -0.05) is 32.4 Å². The van der Waals surface area contributed by atoms with Crippen LogP contribution in [0.5, 0.6) is 0 Å². The molecule has 10 heteroatoms. The van der Waals surface area contributed by atoms with Gasteiger partial charge in [0.15, 0.2) is 5.02 Å². The van der Waals surface area contributed by atoms with Crippen molar-refractivity contribution < 1.29 is 9.72 Å². The van der Waals surface area contributed by atoms with E-state index in [0.717, 1.165) is 29.7 Å². The Hall–Kier alpha value is -2.44. The highest BCUT2D eigenvalue weighted by Crippen LogP contribution is 2.44. The predicted octanol–water partition coefficient (Wildman–Crippen LogP) is 4.48. The molecule has 0 spiro atoms. The van der Waals surface area contributed by atoms with Gasteiger partial charge < -0.3 is 15.4 Å². The fraction of sp³-hybridized carbons (Fsp3) is 0.526. The molecule has 1 atom stereocenters. The van der Waals surface area contributed by atoms with E-state index in [-0.39, 0.29) is 17.0 Å². The van der Waals surface area contributed by atoms with Gasteiger partial charge in [0.25, 0.3) is 0 Å². The SMILES string of the molecule is Cc1c(Cl)c([N+](=O)[O-])nn1CC(=O)Nc1sc2c(c1C#N)CC[C@H](C(C)(C)C)C2. The minimum absolute atomic E-state index is 0.0830. The zero-order chi connectivity index (χ0) is 21.5. The molecule has 29 heavy (non-hydrogen) atoms. The first-order valence-corrected chi connectivity index (χ1v) is 10.4. The number of aromatic nitrogens is 2. The lowest BCUT2D eigenvalue weighted by Gasteiger charge is -2.33. The molecule has 0 aliphatic heterocycles. The number of hydrogen-bond donors (Lipinski definition) is 1. The summed E-state index contributed by atoms with van der Waals surface area (Å²) in [5, 5.41) is 27.6. The van der Waals surface area contributed by atoms with E-state index in [1.165, 1.54) is 16.0 Å². The van der Waals surface area contributed by atoms with Crippen LogP contribution in [-0.2, 0) is 24.2 Å². The van der Waals surface area contributed by atoms with E-state index in [0.29, 0.717) is 22.2 Å². The highest BCUT2D eigenvalue weighted by atomic mass is 35.5. The number of carbonyl (C=O) groups is 1. The van der Waals surface area contributed by atoms with E-state index in [1.54, 1.807) is 6.92 Å². The average Bonchev–Trinajstić information content (AvgIpc) is 3.11. The number of thiophene rings is 1. The van der Waals surface area contributed by atoms with Crippen LogP contribution < -0.4 is 5.32 Å². The summed E-state index contributed by atoms with van der Waals surface area (Å²) in [6.07, 6.45) is 2.74. The Balaban J connectivity index is 1.80. The maximum atomic E-state index is 12.5. The van der Waals surface area contributed by atoms with Crippen molar-refractivity contribution in [2.75, 3.05) is 5.32 Å². The summed E-state index contributed by atoms with van der Waals surface area (Å²) in [5.41, 5.74) is 2.07. The second kappa shape index (κ2) is 7.76. The first-order chi connectivity index (χ1) is 13.5. The largest absolute Gasteiger partial charge is 0.408 e. The third-order valence-electron chi connectivity index (χ3n) is 5.44. The topological polar surface area (TPSA) is 114 Å². The highest BCUT2D eigenvalue weighted by Gasteiger charge is 2.32. The van der Waals surface area contributed by atoms with Crippen LogP contribution >= 0.6 is 22.9 Å². The Labute approximate surface area is 177 Å². The molecule has 0 saturated heterocycles. The smallest absolute Gasteiger partial charge is 0.358 e. The van der Waals surface area contributed by atoms with E-state index >= 15 is 0 Å². The van der Waals surface area contributed by atoms with Gasteiger partial charge in [0.1, 0.15) is 17.6 Å². The number of halogens is 1. The summed E-state index contributed by atoms with van der Waals surface area (Å²) in [5.74, 6) is -0.364. The van der Waals surface area contributed by atoms with Gasteiger partial charge >= 0.3 is 5.82 Å². The molecule has 0 fully saturated rings. The predicted molar refractivity (Wildman–Crippen MR) is 111 cm³/mol. The molecule has 0 unspecified atom stereocenters. The lowest BCUT2D eigenvalue weighted by atomic mass is 9.72. The van der Waals surface area contributed by atoms with Gasteiger partial charge in [0.05, 0.1) is 16.4 Å². The molecular formula is C19H22ClN5O3S. The standard InChI is InChI=1S/C19H22ClN5O3S/c1-10-16(20)17(25(27)28)23-24(10)9-15(26)22-18-13(8-21)12-6-5-11(19(2,3)4)7-14(12)29-18/h11H,5-7,9H2,1-4H3,(H,22,26)/t11-/m0/s1. The molecule has 2 aromatic rings. The number of rotatable bonds is 4. The van der Waals surface area contributed by atoms with E-state index in [1.807, 2.05) is 0 Å². The summed E-state index contributed by atoms with van der Waals surface area (Å²) < 4.78 is 1.20. The van der Waals surface area contributed by atoms with Gasteiger partial charge in [-0.15, -0.1) is 11.3 Å². The van der Waals surface area contributed by atoms with Crippen LogP contribution in [0, 0.1) is 39.7 Å². The molecule has 154 valence electrons. The molecule has 1 aliphatic rings. The molecule has 1 amide bonds. The molecule has 0 bridgehead atoms. The average molecular weight is 436 g/mol. The van der Waals surface area contributed by atoms with Crippen LogP contribution in [0.4, 0.5) is 10.8 Å². The summed E-state index contributed by atoms with van der Waals surface area (Å²) in [6, 6.07) is 2.23. The van der Waals surface area contributed by atoms with E-state index < -0.39 is 16.6 Å². The summed E-state index contributed by atoms with van der Waals surface area (Å²) in [7, 11) is 0. The first kappa shape index (κ1) is 21.3. The van der Waals surface area contributed by atoms with Crippen molar-refractivity contribution in [3.8, 4) is 6.07 Å². The van der Waals surface area contributed by atoms with Crippen molar-refractivity contribution in [3.05, 3.63) is 36.8 Å². The van der Waals surface area contributed by atoms with E-state index in [9.17, 15) is 20.2 Å². The number of hydrogen-bond acceptors (Lipinski definition) is 6. The molecule has 0 aromatic carbocycles. The van der Waals surface area contributed by atoms with Gasteiger partial charge in [0, 0.05) is 4.88 Å². The monoisotopic (exact) mass is 435 g/mol. The summed E-state index contributed by atoms with van der Waals surface area (Å²) in [4.78, 5) is 24.0. The Bertz CT molecular complexity index is 1030. The molecule has 8 nitrogen and oxygen atoms in total. The molecular weight excluding hydrogens is 414 g/mol. The lowest BCUT2D eigenvalue weighted by Crippen LogP contribution is -2.26. The fourth-order valence-electron chi connectivity index (χ4n) is 3.61. The van der Waals surface area contributed by atoms with Crippen LogP contribution in [0.1, 0.15) is 48.9 Å². The lowest BCUT2D eigenvalue weighted by molar-refractivity contribution is -0.389. The molecule has 2 aromatic heterocycles. The van der Waals surface area contributed by atoms with Gasteiger partial charge in [-0.05, 0) is 48.0 Å². The summed E-state index contributed by atoms with van der Waals surface area (Å²) >= 11 is 7.37. The maximum absolute atomic E-state index is 12.5. The van der Waals surface area contributed by atoms with Gasteiger partial charge in [-0.25, -0.2) is 0 Å². The number of anilines is 1. The number of nitriles is 1. The summed E-state index contributed by atoms with van der Waals surface area (Å²) in [6.45, 7) is 8.01. The minimum atomic E-state index is -0.684. The minimum Gasteiger partial charge on any atom is -0.358 e. The molecule has 3 rings (SSSR count). The normalized spacial score (nSPS) is 16.2. The fourth-order valence-corrected chi connectivity index (χ4v) is 5.11. The molecule has 0 radical (unpaired) electrons. The number of nitrogens with zero attached hydrogens (tertiary/aromatic N) is 4.